The van der Waals surface area contributed by atoms with E-state index in [1.807, 2.05) is 13.8 Å². The number of carbonyl (C=O) groups excluding carboxylic acids is 1. The topological polar surface area (TPSA) is 84.6 Å². The molecule has 2 unspecified atom stereocenters. The van der Waals surface area contributed by atoms with E-state index in [-0.39, 0.29) is 17.1 Å². The second-order valence-corrected chi connectivity index (χ2v) is 7.11. The zero-order valence-corrected chi connectivity index (χ0v) is 13.3. The van der Waals surface area contributed by atoms with E-state index in [1.54, 1.807) is 23.8 Å². The molecule has 7 nitrogen and oxygen atoms in total. The van der Waals surface area contributed by atoms with Crippen molar-refractivity contribution in [3.05, 3.63) is 12.0 Å². The van der Waals surface area contributed by atoms with Gasteiger partial charge in [-0.05, 0) is 33.6 Å². The lowest BCUT2D eigenvalue weighted by Crippen LogP contribution is -2.45. The molecule has 1 aromatic heterocycles. The number of nitrogens with zero attached hydrogens (tertiary/aromatic N) is 4. The maximum atomic E-state index is 12.7. The number of hydrogen-bond acceptors (Lipinski definition) is 5. The third-order valence-electron chi connectivity index (χ3n) is 3.89. The van der Waals surface area contributed by atoms with Crippen LogP contribution in [0.1, 0.15) is 32.5 Å². The first kappa shape index (κ1) is 15.9. The number of hydrogen-bond donors (Lipinski definition) is 0. The Bertz CT molecular complexity index is 661. The van der Waals surface area contributed by atoms with Gasteiger partial charge in [0, 0.05) is 25.3 Å². The quantitative estimate of drug-likeness (QED) is 0.615. The van der Waals surface area contributed by atoms with Crippen LogP contribution in [0.4, 0.5) is 0 Å². The van der Waals surface area contributed by atoms with E-state index >= 15 is 0 Å². The Morgan fingerprint density at radius 3 is 2.76 bits per heavy atom. The Morgan fingerprint density at radius 2 is 2.24 bits per heavy atom. The Labute approximate surface area is 124 Å². The normalized spacial score (nSPS) is 23.8. The molecule has 1 aliphatic rings. The van der Waals surface area contributed by atoms with E-state index in [2.05, 4.69) is 9.98 Å². The molecular weight excluding hydrogens is 292 g/mol. The molecule has 1 aromatic rings. The number of aliphatic imine (C=N–C) groups is 1. The number of aryl methyl sites for hydroxylation is 2. The van der Waals surface area contributed by atoms with Gasteiger partial charge in [-0.15, -0.1) is 0 Å². The lowest BCUT2D eigenvalue weighted by atomic mass is 10.0. The molecule has 1 fully saturated rings. The highest BCUT2D eigenvalue weighted by atomic mass is 32.2. The summed E-state index contributed by atoms with van der Waals surface area (Å²) in [5.41, 5.74) is 0. The first-order chi connectivity index (χ1) is 9.90. The molecule has 0 radical (unpaired) electrons. The number of piperidine rings is 1. The molecule has 0 N–H and O–H groups in total. The summed E-state index contributed by atoms with van der Waals surface area (Å²) in [6, 6.07) is -0.350. The van der Waals surface area contributed by atoms with Crippen LogP contribution in [-0.4, -0.2) is 47.0 Å². The van der Waals surface area contributed by atoms with E-state index in [0.29, 0.717) is 31.8 Å². The van der Waals surface area contributed by atoms with Crippen LogP contribution in [0.3, 0.4) is 0 Å². The molecule has 1 saturated heterocycles. The summed E-state index contributed by atoms with van der Waals surface area (Å²) < 4.78 is 28.6. The van der Waals surface area contributed by atoms with Crippen LogP contribution in [-0.2, 0) is 21.4 Å². The van der Waals surface area contributed by atoms with Gasteiger partial charge in [0.2, 0.25) is 6.08 Å². The molecule has 2 rings (SSSR count). The van der Waals surface area contributed by atoms with Crippen molar-refractivity contribution in [2.24, 2.45) is 4.99 Å². The van der Waals surface area contributed by atoms with Crippen molar-refractivity contribution in [2.45, 2.75) is 57.3 Å². The summed E-state index contributed by atoms with van der Waals surface area (Å²) in [4.78, 5) is 18.2. The predicted octanol–water partition coefficient (Wildman–Crippen LogP) is 1.09. The van der Waals surface area contributed by atoms with Crippen molar-refractivity contribution in [1.82, 2.24) is 13.9 Å². The van der Waals surface area contributed by atoms with Crippen LogP contribution >= 0.6 is 0 Å². The molecule has 2 heterocycles. The second kappa shape index (κ2) is 6.09. The molecule has 0 bridgehead atoms. The maximum absolute atomic E-state index is 12.7. The Hall–Kier alpha value is -1.50. The van der Waals surface area contributed by atoms with Gasteiger partial charge in [-0.25, -0.2) is 23.2 Å². The van der Waals surface area contributed by atoms with Crippen molar-refractivity contribution < 1.29 is 13.2 Å². The van der Waals surface area contributed by atoms with Gasteiger partial charge in [-0.1, -0.05) is 0 Å². The van der Waals surface area contributed by atoms with Gasteiger partial charge >= 0.3 is 0 Å². The fourth-order valence-electron chi connectivity index (χ4n) is 2.72. The second-order valence-electron chi connectivity index (χ2n) is 5.28. The summed E-state index contributed by atoms with van der Waals surface area (Å²) in [7, 11) is -3.60. The first-order valence-electron chi connectivity index (χ1n) is 7.02. The van der Waals surface area contributed by atoms with Crippen molar-refractivity contribution in [2.75, 3.05) is 6.54 Å². The number of rotatable bonds is 4. The zero-order valence-electron chi connectivity index (χ0n) is 12.5. The van der Waals surface area contributed by atoms with E-state index < -0.39 is 10.0 Å². The molecule has 0 aromatic carbocycles. The lowest BCUT2D eigenvalue weighted by molar-refractivity contribution is 0.247. The summed E-state index contributed by atoms with van der Waals surface area (Å²) in [6.07, 6.45) is 4.19. The summed E-state index contributed by atoms with van der Waals surface area (Å²) in [5, 5.41) is 0.0889. The standard InChI is InChI=1S/C13H20N4O3S/c1-4-16-8-13(15-11(16)3)21(19,20)17-6-5-12(14-9-18)7-10(17)2/h8,10,12H,4-7H2,1-3H3. The Balaban J connectivity index is 2.25. The van der Waals surface area contributed by atoms with Crippen molar-refractivity contribution >= 4 is 16.1 Å². The van der Waals surface area contributed by atoms with E-state index in [9.17, 15) is 13.2 Å². The molecule has 2 atom stereocenters. The highest BCUT2D eigenvalue weighted by Crippen LogP contribution is 2.26. The summed E-state index contributed by atoms with van der Waals surface area (Å²) in [5.74, 6) is 0.684. The first-order valence-corrected chi connectivity index (χ1v) is 8.46. The van der Waals surface area contributed by atoms with E-state index in [1.165, 1.54) is 4.31 Å². The molecule has 0 saturated carbocycles. The SMILES string of the molecule is CCn1cc(S(=O)(=O)N2CCC(N=C=O)CC2C)nc1C. The van der Waals surface area contributed by atoms with Gasteiger partial charge in [-0.3, -0.25) is 0 Å². The largest absolute Gasteiger partial charge is 0.334 e. The zero-order chi connectivity index (χ0) is 15.6. The molecule has 8 heteroatoms. The predicted molar refractivity (Wildman–Crippen MR) is 77.1 cm³/mol. The molecule has 0 amide bonds. The molecule has 21 heavy (non-hydrogen) atoms. The summed E-state index contributed by atoms with van der Waals surface area (Å²) >= 11 is 0. The van der Waals surface area contributed by atoms with E-state index in [4.69, 9.17) is 0 Å². The number of aromatic nitrogens is 2. The van der Waals surface area contributed by atoms with Crippen molar-refractivity contribution in [3.63, 3.8) is 0 Å². The molecule has 0 aliphatic carbocycles. The average molecular weight is 312 g/mol. The highest BCUT2D eigenvalue weighted by molar-refractivity contribution is 7.89. The van der Waals surface area contributed by atoms with Crippen molar-refractivity contribution in [1.29, 1.82) is 0 Å². The van der Waals surface area contributed by atoms with Gasteiger partial charge in [-0.2, -0.15) is 4.31 Å². The van der Waals surface area contributed by atoms with Gasteiger partial charge in [0.05, 0.1) is 6.04 Å². The van der Waals surface area contributed by atoms with Crippen molar-refractivity contribution in [3.8, 4) is 0 Å². The number of isocyanates is 1. The van der Waals surface area contributed by atoms with Crippen LogP contribution in [0, 0.1) is 6.92 Å². The summed E-state index contributed by atoms with van der Waals surface area (Å²) in [6.45, 7) is 6.58. The smallest absolute Gasteiger partial charge is 0.262 e. The maximum Gasteiger partial charge on any atom is 0.262 e. The van der Waals surface area contributed by atoms with E-state index in [0.717, 1.165) is 0 Å². The van der Waals surface area contributed by atoms with Gasteiger partial charge < -0.3 is 4.57 Å². The van der Waals surface area contributed by atoms with Crippen LogP contribution in [0.5, 0.6) is 0 Å². The minimum absolute atomic E-state index is 0.0889. The van der Waals surface area contributed by atoms with Crippen LogP contribution in [0.15, 0.2) is 16.2 Å². The monoisotopic (exact) mass is 312 g/mol. The fourth-order valence-corrected chi connectivity index (χ4v) is 4.37. The van der Waals surface area contributed by atoms with Gasteiger partial charge in [0.1, 0.15) is 5.82 Å². The minimum Gasteiger partial charge on any atom is -0.334 e. The van der Waals surface area contributed by atoms with Crippen LogP contribution < -0.4 is 0 Å². The third kappa shape index (κ3) is 3.07. The Morgan fingerprint density at radius 1 is 1.52 bits per heavy atom. The number of imidazole rings is 1. The van der Waals surface area contributed by atoms with Crippen LogP contribution in [0.2, 0.25) is 0 Å². The third-order valence-corrected chi connectivity index (χ3v) is 5.78. The van der Waals surface area contributed by atoms with Gasteiger partial charge in [0.15, 0.2) is 5.03 Å². The van der Waals surface area contributed by atoms with Crippen LogP contribution in [0.25, 0.3) is 0 Å². The average Bonchev–Trinajstić information content (AvgIpc) is 2.81. The highest BCUT2D eigenvalue weighted by Gasteiger charge is 2.36. The fraction of sp³-hybridized carbons (Fsp3) is 0.692. The molecule has 116 valence electrons. The number of sulfonamides is 1. The van der Waals surface area contributed by atoms with Gasteiger partial charge in [0.25, 0.3) is 10.0 Å². The molecular formula is C13H20N4O3S. The Kier molecular flexibility index (Phi) is 4.61. The lowest BCUT2D eigenvalue weighted by Gasteiger charge is -2.34. The minimum atomic E-state index is -3.60. The molecule has 1 aliphatic heterocycles. The molecule has 0 spiro atoms.